The number of amides is 1. The molecule has 1 N–H and O–H groups in total. The lowest BCUT2D eigenvalue weighted by Gasteiger charge is -2.10. The Morgan fingerprint density at radius 3 is 2.39 bits per heavy atom. The van der Waals surface area contributed by atoms with Gasteiger partial charge >= 0.3 is 6.01 Å². The van der Waals surface area contributed by atoms with E-state index >= 15 is 0 Å². The smallest absolute Gasteiger partial charge is 0.322 e. The lowest BCUT2D eigenvalue weighted by Crippen LogP contribution is -2.14. The van der Waals surface area contributed by atoms with Gasteiger partial charge in [-0.1, -0.05) is 17.7 Å². The first-order valence-electron chi connectivity index (χ1n) is 9.92. The zero-order valence-electron chi connectivity index (χ0n) is 18.1. The van der Waals surface area contributed by atoms with Crippen LogP contribution >= 0.6 is 0 Å². The number of carbonyl (C=O) groups is 2. The Labute approximate surface area is 181 Å². The number of hydrogen-bond acceptors (Lipinski definition) is 6. The van der Waals surface area contributed by atoms with Crippen LogP contribution in [0.3, 0.4) is 0 Å². The maximum Gasteiger partial charge on any atom is 0.322 e. The number of nitrogens with zero attached hydrogens (tertiary/aromatic N) is 2. The molecule has 0 fully saturated rings. The highest BCUT2D eigenvalue weighted by Crippen LogP contribution is 2.24. The standard InChI is InChI=1S/C24H25N3O4/c1-15-8-10-22(30-4)20(12-15)21(28)9-11-23(29)27-18-6-5-7-19(14-18)31-24-25-16(2)13-17(3)26-24/h5-8,10,12-14H,9,11H2,1-4H3,(H,27,29). The van der Waals surface area contributed by atoms with Crippen molar-refractivity contribution in [2.75, 3.05) is 12.4 Å². The summed E-state index contributed by atoms with van der Waals surface area (Å²) in [7, 11) is 1.52. The topological polar surface area (TPSA) is 90.4 Å². The van der Waals surface area contributed by atoms with E-state index in [1.165, 1.54) is 7.11 Å². The molecule has 0 atom stereocenters. The zero-order chi connectivity index (χ0) is 22.4. The maximum atomic E-state index is 12.6. The predicted octanol–water partition coefficient (Wildman–Crippen LogP) is 4.80. The van der Waals surface area contributed by atoms with Gasteiger partial charge in [-0.15, -0.1) is 0 Å². The van der Waals surface area contributed by atoms with Gasteiger partial charge in [0.25, 0.3) is 0 Å². The molecule has 0 unspecified atom stereocenters. The van der Waals surface area contributed by atoms with Crippen molar-refractivity contribution >= 4 is 17.4 Å². The summed E-state index contributed by atoms with van der Waals surface area (Å²) in [6, 6.07) is 14.5. The summed E-state index contributed by atoms with van der Waals surface area (Å²) in [4.78, 5) is 33.4. The number of methoxy groups -OCH3 is 1. The Hall–Kier alpha value is -3.74. The van der Waals surface area contributed by atoms with E-state index in [0.29, 0.717) is 22.7 Å². The van der Waals surface area contributed by atoms with Crippen LogP contribution in [0.25, 0.3) is 0 Å². The number of hydrogen-bond donors (Lipinski definition) is 1. The Kier molecular flexibility index (Phi) is 6.97. The second kappa shape index (κ2) is 9.84. The van der Waals surface area contributed by atoms with Crippen molar-refractivity contribution < 1.29 is 19.1 Å². The van der Waals surface area contributed by atoms with Gasteiger partial charge in [-0.05, 0) is 51.1 Å². The Morgan fingerprint density at radius 1 is 0.935 bits per heavy atom. The average molecular weight is 419 g/mol. The number of aryl methyl sites for hydroxylation is 3. The van der Waals surface area contributed by atoms with Crippen LogP contribution in [0, 0.1) is 20.8 Å². The van der Waals surface area contributed by atoms with Crippen molar-refractivity contribution in [1.29, 1.82) is 0 Å². The number of anilines is 1. The summed E-state index contributed by atoms with van der Waals surface area (Å²) in [5.74, 6) is 0.609. The fourth-order valence-electron chi connectivity index (χ4n) is 3.11. The summed E-state index contributed by atoms with van der Waals surface area (Å²) >= 11 is 0. The minimum absolute atomic E-state index is 0.0567. The predicted molar refractivity (Wildman–Crippen MR) is 118 cm³/mol. The highest BCUT2D eigenvalue weighted by molar-refractivity contribution is 6.01. The van der Waals surface area contributed by atoms with E-state index in [4.69, 9.17) is 9.47 Å². The lowest BCUT2D eigenvalue weighted by atomic mass is 10.0. The van der Waals surface area contributed by atoms with Crippen LogP contribution in [0.5, 0.6) is 17.5 Å². The van der Waals surface area contributed by atoms with Crippen LogP contribution in [0.15, 0.2) is 48.5 Å². The van der Waals surface area contributed by atoms with Gasteiger partial charge in [0.2, 0.25) is 5.91 Å². The van der Waals surface area contributed by atoms with Crippen LogP contribution in [-0.2, 0) is 4.79 Å². The molecule has 0 radical (unpaired) electrons. The molecule has 31 heavy (non-hydrogen) atoms. The van der Waals surface area contributed by atoms with Crippen molar-refractivity contribution in [3.8, 4) is 17.5 Å². The number of nitrogens with one attached hydrogen (secondary N) is 1. The second-order valence-corrected chi connectivity index (χ2v) is 7.24. The van der Waals surface area contributed by atoms with Crippen molar-refractivity contribution in [2.45, 2.75) is 33.6 Å². The fourth-order valence-corrected chi connectivity index (χ4v) is 3.11. The molecule has 0 saturated heterocycles. The van der Waals surface area contributed by atoms with Crippen LogP contribution in [-0.4, -0.2) is 28.8 Å². The summed E-state index contributed by atoms with van der Waals surface area (Å²) in [5.41, 5.74) is 3.62. The van der Waals surface area contributed by atoms with Gasteiger partial charge < -0.3 is 14.8 Å². The van der Waals surface area contributed by atoms with Gasteiger partial charge in [-0.2, -0.15) is 0 Å². The molecule has 0 bridgehead atoms. The molecule has 2 aromatic carbocycles. The monoisotopic (exact) mass is 419 g/mol. The molecule has 0 aliphatic rings. The molecule has 7 nitrogen and oxygen atoms in total. The number of carbonyl (C=O) groups excluding carboxylic acids is 2. The largest absolute Gasteiger partial charge is 0.496 e. The van der Waals surface area contributed by atoms with Gasteiger partial charge in [-0.25, -0.2) is 9.97 Å². The van der Waals surface area contributed by atoms with E-state index in [2.05, 4.69) is 15.3 Å². The third kappa shape index (κ3) is 6.12. The number of ether oxygens (including phenoxy) is 2. The van der Waals surface area contributed by atoms with Gasteiger partial charge in [0, 0.05) is 36.0 Å². The molecule has 1 amide bonds. The number of ketones is 1. The van der Waals surface area contributed by atoms with Gasteiger partial charge in [-0.3, -0.25) is 9.59 Å². The molecule has 3 aromatic rings. The van der Waals surface area contributed by atoms with Crippen molar-refractivity contribution in [2.24, 2.45) is 0 Å². The minimum Gasteiger partial charge on any atom is -0.496 e. The van der Waals surface area contributed by atoms with Gasteiger partial charge in [0.1, 0.15) is 11.5 Å². The molecule has 0 saturated carbocycles. The van der Waals surface area contributed by atoms with E-state index in [1.807, 2.05) is 32.9 Å². The fraction of sp³-hybridized carbons (Fsp3) is 0.250. The summed E-state index contributed by atoms with van der Waals surface area (Å²) in [6.07, 6.45) is 0.138. The number of Topliss-reactive ketones (excluding diaryl/α,β-unsaturated/α-hetero) is 1. The zero-order valence-corrected chi connectivity index (χ0v) is 18.1. The maximum absolute atomic E-state index is 12.6. The molecule has 1 aromatic heterocycles. The molecule has 3 rings (SSSR count). The third-order valence-corrected chi connectivity index (χ3v) is 4.52. The SMILES string of the molecule is COc1ccc(C)cc1C(=O)CCC(=O)Nc1cccc(Oc2nc(C)cc(C)n2)c1. The van der Waals surface area contributed by atoms with E-state index in [1.54, 1.807) is 36.4 Å². The molecule has 7 heteroatoms. The molecule has 0 spiro atoms. The first-order valence-corrected chi connectivity index (χ1v) is 9.92. The molecule has 0 aliphatic carbocycles. The molecule has 0 aliphatic heterocycles. The van der Waals surface area contributed by atoms with E-state index in [9.17, 15) is 9.59 Å². The van der Waals surface area contributed by atoms with Gasteiger partial charge in [0.15, 0.2) is 5.78 Å². The third-order valence-electron chi connectivity index (χ3n) is 4.52. The van der Waals surface area contributed by atoms with Crippen LogP contribution in [0.1, 0.15) is 40.2 Å². The average Bonchev–Trinajstić information content (AvgIpc) is 2.71. The van der Waals surface area contributed by atoms with E-state index < -0.39 is 0 Å². The first kappa shape index (κ1) is 22.0. The quantitative estimate of drug-likeness (QED) is 0.527. The molecule has 1 heterocycles. The number of rotatable bonds is 8. The Morgan fingerprint density at radius 2 is 1.68 bits per heavy atom. The molecule has 160 valence electrons. The summed E-state index contributed by atoms with van der Waals surface area (Å²) in [6.45, 7) is 5.64. The van der Waals surface area contributed by atoms with Gasteiger partial charge in [0.05, 0.1) is 12.7 Å². The van der Waals surface area contributed by atoms with E-state index in [-0.39, 0.29) is 30.5 Å². The Bertz CT molecular complexity index is 1090. The minimum atomic E-state index is -0.264. The lowest BCUT2D eigenvalue weighted by molar-refractivity contribution is -0.116. The van der Waals surface area contributed by atoms with Crippen LogP contribution < -0.4 is 14.8 Å². The number of benzene rings is 2. The Balaban J connectivity index is 1.60. The summed E-state index contributed by atoms with van der Waals surface area (Å²) < 4.78 is 11.0. The van der Waals surface area contributed by atoms with Crippen molar-refractivity contribution in [3.63, 3.8) is 0 Å². The molecular formula is C24H25N3O4. The summed E-state index contributed by atoms with van der Waals surface area (Å²) in [5, 5.41) is 2.79. The van der Waals surface area contributed by atoms with Crippen LogP contribution in [0.2, 0.25) is 0 Å². The normalized spacial score (nSPS) is 10.5. The van der Waals surface area contributed by atoms with Crippen molar-refractivity contribution in [1.82, 2.24) is 9.97 Å². The first-order chi connectivity index (χ1) is 14.8. The number of aromatic nitrogens is 2. The van der Waals surface area contributed by atoms with Crippen molar-refractivity contribution in [3.05, 3.63) is 71.0 Å². The highest BCUT2D eigenvalue weighted by atomic mass is 16.5. The highest BCUT2D eigenvalue weighted by Gasteiger charge is 2.15. The van der Waals surface area contributed by atoms with Crippen LogP contribution in [0.4, 0.5) is 5.69 Å². The molecular weight excluding hydrogens is 394 g/mol. The van der Waals surface area contributed by atoms with E-state index in [0.717, 1.165) is 17.0 Å². The second-order valence-electron chi connectivity index (χ2n) is 7.24.